The van der Waals surface area contributed by atoms with E-state index in [0.717, 1.165) is 0 Å². The van der Waals surface area contributed by atoms with Crippen LogP contribution in [-0.4, -0.2) is 15.1 Å². The van der Waals surface area contributed by atoms with E-state index in [-0.39, 0.29) is 5.75 Å². The minimum absolute atomic E-state index is 0.124. The molecule has 0 unspecified atom stereocenters. The second-order valence-electron chi connectivity index (χ2n) is 3.30. The molecule has 2 heterocycles. The Bertz CT molecular complexity index is 624. The zero-order chi connectivity index (χ0) is 11.1. The highest BCUT2D eigenvalue weighted by Gasteiger charge is 2.19. The van der Waals surface area contributed by atoms with Crippen molar-refractivity contribution in [3.05, 3.63) is 29.2 Å². The van der Waals surface area contributed by atoms with Crippen molar-refractivity contribution in [2.75, 3.05) is 5.32 Å². The minimum atomic E-state index is 0.124. The molecule has 5 nitrogen and oxygen atoms in total. The molecular weight excluding hydrogens is 226 g/mol. The number of H-pyrrole nitrogens is 1. The lowest BCUT2D eigenvalue weighted by Gasteiger charge is -2.21. The number of hydrogen-bond donors (Lipinski definition) is 3. The van der Waals surface area contributed by atoms with Gasteiger partial charge in [-0.05, 0) is 24.4 Å². The number of phenolic OH excluding ortho intramolecular Hbond substituents is 1. The molecule has 0 bridgehead atoms. The van der Waals surface area contributed by atoms with Crippen molar-refractivity contribution >= 4 is 23.7 Å². The first kappa shape index (κ1) is 9.17. The molecule has 3 N–H and O–H groups in total. The predicted molar refractivity (Wildman–Crippen MR) is 60.9 cm³/mol. The summed E-state index contributed by atoms with van der Waals surface area (Å²) in [6.07, 6.45) is 1.54. The number of rotatable bonds is 0. The highest BCUT2D eigenvalue weighted by atomic mass is 32.1. The van der Waals surface area contributed by atoms with Crippen molar-refractivity contribution in [3.8, 4) is 17.2 Å². The number of nitrogens with one attached hydrogen (secondary N) is 2. The maximum absolute atomic E-state index is 9.65. The van der Waals surface area contributed by atoms with Gasteiger partial charge in [-0.2, -0.15) is 0 Å². The number of benzene rings is 1. The summed E-state index contributed by atoms with van der Waals surface area (Å²) < 4.78 is 5.91. The van der Waals surface area contributed by atoms with Crippen molar-refractivity contribution < 1.29 is 9.84 Å². The lowest BCUT2D eigenvalue weighted by molar-refractivity contribution is 0.452. The van der Waals surface area contributed by atoms with Gasteiger partial charge in [-0.15, -0.1) is 0 Å². The number of aromatic amines is 1. The highest BCUT2D eigenvalue weighted by Crippen LogP contribution is 2.44. The van der Waals surface area contributed by atoms with E-state index in [2.05, 4.69) is 15.3 Å². The Morgan fingerprint density at radius 3 is 3.06 bits per heavy atom. The molecule has 16 heavy (non-hydrogen) atoms. The third-order valence-electron chi connectivity index (χ3n) is 2.25. The number of anilines is 2. The van der Waals surface area contributed by atoms with Gasteiger partial charge >= 0.3 is 0 Å². The van der Waals surface area contributed by atoms with E-state index in [1.54, 1.807) is 18.2 Å². The predicted octanol–water partition coefficient (Wildman–Crippen LogP) is 2.69. The lowest BCUT2D eigenvalue weighted by atomic mass is 10.2. The van der Waals surface area contributed by atoms with Crippen LogP contribution in [-0.2, 0) is 0 Å². The highest BCUT2D eigenvalue weighted by molar-refractivity contribution is 7.71. The molecule has 0 fully saturated rings. The van der Waals surface area contributed by atoms with Crippen LogP contribution < -0.4 is 10.1 Å². The zero-order valence-electron chi connectivity index (χ0n) is 8.02. The number of para-hydroxylation sites is 1. The van der Waals surface area contributed by atoms with Crippen molar-refractivity contribution in [2.24, 2.45) is 0 Å². The van der Waals surface area contributed by atoms with Gasteiger partial charge in [-0.1, -0.05) is 6.07 Å². The van der Waals surface area contributed by atoms with Crippen molar-refractivity contribution in [2.45, 2.75) is 0 Å². The number of hydrogen-bond acceptors (Lipinski definition) is 5. The largest absolute Gasteiger partial charge is 0.506 e. The normalized spacial score (nSPS) is 12.0. The van der Waals surface area contributed by atoms with E-state index >= 15 is 0 Å². The lowest BCUT2D eigenvalue weighted by Crippen LogP contribution is -2.05. The molecule has 0 amide bonds. The van der Waals surface area contributed by atoms with E-state index in [4.69, 9.17) is 17.0 Å². The van der Waals surface area contributed by atoms with Crippen molar-refractivity contribution in [1.82, 2.24) is 9.97 Å². The first-order chi connectivity index (χ1) is 7.74. The summed E-state index contributed by atoms with van der Waals surface area (Å²) in [7, 11) is 0. The fourth-order valence-corrected chi connectivity index (χ4v) is 1.68. The van der Waals surface area contributed by atoms with E-state index in [1.165, 1.54) is 6.20 Å². The Hall–Kier alpha value is -2.08. The summed E-state index contributed by atoms with van der Waals surface area (Å²) in [6, 6.07) is 5.04. The van der Waals surface area contributed by atoms with Crippen LogP contribution in [0.3, 0.4) is 0 Å². The number of ether oxygens (including phenoxy) is 1. The maximum Gasteiger partial charge on any atom is 0.198 e. The molecule has 1 aliphatic heterocycles. The Morgan fingerprint density at radius 1 is 1.31 bits per heavy atom. The summed E-state index contributed by atoms with van der Waals surface area (Å²) >= 11 is 4.90. The van der Waals surface area contributed by atoms with Gasteiger partial charge in [0.25, 0.3) is 0 Å². The van der Waals surface area contributed by atoms with Crippen LogP contribution in [0.25, 0.3) is 0 Å². The molecule has 3 rings (SSSR count). The molecule has 1 aromatic carbocycles. The standard InChI is InChI=1S/C10H7N3O2S/c14-5-2-1-3-6-8(5)12-9-7(15-6)4-11-10(16)13-9/h1-4,14H,(H2,11,12,13,16). The third kappa shape index (κ3) is 1.31. The van der Waals surface area contributed by atoms with Gasteiger partial charge in [0.05, 0.1) is 6.20 Å². The topological polar surface area (TPSA) is 70.2 Å². The van der Waals surface area contributed by atoms with E-state index in [9.17, 15) is 5.11 Å². The monoisotopic (exact) mass is 233 g/mol. The van der Waals surface area contributed by atoms with Gasteiger partial charge in [0.2, 0.25) is 0 Å². The fraction of sp³-hybridized carbons (Fsp3) is 0. The van der Waals surface area contributed by atoms with E-state index < -0.39 is 0 Å². The second kappa shape index (κ2) is 3.21. The number of nitrogens with zero attached hydrogens (tertiary/aromatic N) is 1. The summed E-state index contributed by atoms with van der Waals surface area (Å²) in [5, 5.41) is 12.7. The summed E-state index contributed by atoms with van der Waals surface area (Å²) in [6.45, 7) is 0. The summed E-state index contributed by atoms with van der Waals surface area (Å²) in [4.78, 5) is 6.77. The second-order valence-corrected chi connectivity index (χ2v) is 3.69. The molecule has 0 atom stereocenters. The van der Waals surface area contributed by atoms with Gasteiger partial charge < -0.3 is 20.1 Å². The van der Waals surface area contributed by atoms with Crippen LogP contribution in [0, 0.1) is 4.77 Å². The molecule has 80 valence electrons. The first-order valence-electron chi connectivity index (χ1n) is 4.60. The quantitative estimate of drug-likeness (QED) is 0.411. The van der Waals surface area contributed by atoms with Crippen LogP contribution >= 0.6 is 12.2 Å². The molecule has 0 aliphatic carbocycles. The molecule has 0 saturated heterocycles. The van der Waals surface area contributed by atoms with Crippen LogP contribution in [0.5, 0.6) is 17.2 Å². The number of aromatic nitrogens is 2. The van der Waals surface area contributed by atoms with Crippen LogP contribution in [0.1, 0.15) is 0 Å². The molecule has 2 aromatic rings. The Morgan fingerprint density at radius 2 is 2.19 bits per heavy atom. The van der Waals surface area contributed by atoms with Gasteiger partial charge in [0, 0.05) is 0 Å². The summed E-state index contributed by atoms with van der Waals surface area (Å²) in [5.74, 6) is 1.82. The van der Waals surface area contributed by atoms with Crippen LogP contribution in [0.15, 0.2) is 24.4 Å². The molecular formula is C10H7N3O2S. The SMILES string of the molecule is Oc1cccc2c1Nc1[nH]c(=S)ncc1O2. The molecule has 0 saturated carbocycles. The number of aromatic hydroxyl groups is 1. The average molecular weight is 233 g/mol. The number of fused-ring (bicyclic) bond motifs is 2. The molecule has 0 radical (unpaired) electrons. The fourth-order valence-electron chi connectivity index (χ4n) is 1.53. The Kier molecular flexibility index (Phi) is 1.84. The first-order valence-corrected chi connectivity index (χ1v) is 5.01. The zero-order valence-corrected chi connectivity index (χ0v) is 8.84. The van der Waals surface area contributed by atoms with Crippen LogP contribution in [0.2, 0.25) is 0 Å². The average Bonchev–Trinajstić information content (AvgIpc) is 2.28. The Labute approximate surface area is 95.7 Å². The van der Waals surface area contributed by atoms with Gasteiger partial charge in [0.1, 0.15) is 11.4 Å². The molecule has 1 aromatic heterocycles. The van der Waals surface area contributed by atoms with E-state index in [0.29, 0.717) is 27.8 Å². The third-order valence-corrected chi connectivity index (χ3v) is 2.46. The Balaban J connectivity index is 2.17. The molecule has 1 aliphatic rings. The van der Waals surface area contributed by atoms with Gasteiger partial charge in [-0.3, -0.25) is 0 Å². The smallest absolute Gasteiger partial charge is 0.198 e. The molecule has 0 spiro atoms. The van der Waals surface area contributed by atoms with E-state index in [1.807, 2.05) is 0 Å². The van der Waals surface area contributed by atoms with Gasteiger partial charge in [0.15, 0.2) is 22.1 Å². The summed E-state index contributed by atoms with van der Waals surface area (Å²) in [5.41, 5.74) is 0.520. The molecule has 6 heteroatoms. The van der Waals surface area contributed by atoms with Crippen molar-refractivity contribution in [3.63, 3.8) is 0 Å². The van der Waals surface area contributed by atoms with Gasteiger partial charge in [-0.25, -0.2) is 4.98 Å². The van der Waals surface area contributed by atoms with Crippen LogP contribution in [0.4, 0.5) is 11.5 Å². The maximum atomic E-state index is 9.65. The van der Waals surface area contributed by atoms with Crippen molar-refractivity contribution in [1.29, 1.82) is 0 Å². The number of phenols is 1. The minimum Gasteiger partial charge on any atom is -0.506 e.